The standard InChI is InChI=1S/C9H13N3OS/c1-5-9(14-6(2)11-5)12-8(13)7-3-10-4-7/h7,10H,3-4H2,1-2H3,(H,12,13). The zero-order valence-electron chi connectivity index (χ0n) is 8.26. The lowest BCUT2D eigenvalue weighted by atomic mass is 10.0. The molecule has 0 aromatic carbocycles. The quantitative estimate of drug-likeness (QED) is 0.764. The van der Waals surface area contributed by atoms with Crippen LogP contribution >= 0.6 is 11.3 Å². The van der Waals surface area contributed by atoms with Crippen LogP contribution in [0.2, 0.25) is 0 Å². The van der Waals surface area contributed by atoms with Crippen LogP contribution in [0.5, 0.6) is 0 Å². The fourth-order valence-electron chi connectivity index (χ4n) is 1.34. The van der Waals surface area contributed by atoms with Crippen molar-refractivity contribution in [3.63, 3.8) is 0 Å². The van der Waals surface area contributed by atoms with Crippen molar-refractivity contribution in [2.75, 3.05) is 18.4 Å². The van der Waals surface area contributed by atoms with Gasteiger partial charge in [-0.05, 0) is 13.8 Å². The highest BCUT2D eigenvalue weighted by Crippen LogP contribution is 2.23. The minimum atomic E-state index is 0.107. The van der Waals surface area contributed by atoms with E-state index in [1.807, 2.05) is 13.8 Å². The zero-order chi connectivity index (χ0) is 10.1. The number of carbonyl (C=O) groups is 1. The van der Waals surface area contributed by atoms with Crippen molar-refractivity contribution in [1.82, 2.24) is 10.3 Å². The van der Waals surface area contributed by atoms with Gasteiger partial charge in [-0.2, -0.15) is 0 Å². The van der Waals surface area contributed by atoms with Crippen molar-refractivity contribution < 1.29 is 4.79 Å². The Kier molecular flexibility index (Phi) is 2.52. The topological polar surface area (TPSA) is 54.0 Å². The van der Waals surface area contributed by atoms with Crippen molar-refractivity contribution in [2.24, 2.45) is 5.92 Å². The Balaban J connectivity index is 2.02. The Morgan fingerprint density at radius 1 is 1.57 bits per heavy atom. The molecule has 1 amide bonds. The number of nitrogens with one attached hydrogen (secondary N) is 2. The minimum absolute atomic E-state index is 0.107. The number of carbonyl (C=O) groups excluding carboxylic acids is 1. The van der Waals surface area contributed by atoms with Crippen molar-refractivity contribution in [3.05, 3.63) is 10.7 Å². The Morgan fingerprint density at radius 2 is 2.29 bits per heavy atom. The molecule has 0 radical (unpaired) electrons. The van der Waals surface area contributed by atoms with E-state index < -0.39 is 0 Å². The molecule has 1 aliphatic rings. The van der Waals surface area contributed by atoms with Crippen LogP contribution in [-0.4, -0.2) is 24.0 Å². The van der Waals surface area contributed by atoms with E-state index in [0.29, 0.717) is 0 Å². The molecule has 1 fully saturated rings. The van der Waals surface area contributed by atoms with E-state index >= 15 is 0 Å². The van der Waals surface area contributed by atoms with Crippen LogP contribution in [0.1, 0.15) is 10.7 Å². The van der Waals surface area contributed by atoms with Gasteiger partial charge in [0.05, 0.1) is 16.6 Å². The van der Waals surface area contributed by atoms with E-state index in [2.05, 4.69) is 15.6 Å². The second-order valence-electron chi connectivity index (χ2n) is 3.49. The molecule has 0 saturated carbocycles. The second-order valence-corrected chi connectivity index (χ2v) is 4.70. The number of aryl methyl sites for hydroxylation is 2. The molecule has 76 valence electrons. The van der Waals surface area contributed by atoms with Gasteiger partial charge in [0.15, 0.2) is 0 Å². The molecule has 0 atom stereocenters. The summed E-state index contributed by atoms with van der Waals surface area (Å²) in [4.78, 5) is 15.8. The first-order chi connectivity index (χ1) is 6.66. The number of hydrogen-bond donors (Lipinski definition) is 2. The number of anilines is 1. The van der Waals surface area contributed by atoms with Crippen LogP contribution < -0.4 is 10.6 Å². The van der Waals surface area contributed by atoms with E-state index in [1.165, 1.54) is 11.3 Å². The predicted molar refractivity (Wildman–Crippen MR) is 56.6 cm³/mol. The predicted octanol–water partition coefficient (Wildman–Crippen LogP) is 0.918. The van der Waals surface area contributed by atoms with Gasteiger partial charge in [-0.25, -0.2) is 4.98 Å². The molecule has 14 heavy (non-hydrogen) atoms. The van der Waals surface area contributed by atoms with Crippen LogP contribution in [0, 0.1) is 19.8 Å². The van der Waals surface area contributed by atoms with E-state index in [-0.39, 0.29) is 11.8 Å². The summed E-state index contributed by atoms with van der Waals surface area (Å²) >= 11 is 1.53. The first kappa shape index (κ1) is 9.61. The van der Waals surface area contributed by atoms with Gasteiger partial charge >= 0.3 is 0 Å². The molecule has 2 N–H and O–H groups in total. The molecule has 0 bridgehead atoms. The van der Waals surface area contributed by atoms with Gasteiger partial charge < -0.3 is 10.6 Å². The summed E-state index contributed by atoms with van der Waals surface area (Å²) in [5.41, 5.74) is 0.910. The van der Waals surface area contributed by atoms with Gasteiger partial charge in [0, 0.05) is 13.1 Å². The Bertz CT molecular complexity index is 357. The number of thiazole rings is 1. The summed E-state index contributed by atoms with van der Waals surface area (Å²) in [6, 6.07) is 0. The molecule has 5 heteroatoms. The normalized spacial score (nSPS) is 16.4. The van der Waals surface area contributed by atoms with Crippen LogP contribution in [0.4, 0.5) is 5.00 Å². The monoisotopic (exact) mass is 211 g/mol. The second kappa shape index (κ2) is 3.67. The van der Waals surface area contributed by atoms with Crippen molar-refractivity contribution >= 4 is 22.2 Å². The van der Waals surface area contributed by atoms with E-state index in [4.69, 9.17) is 0 Å². The summed E-state index contributed by atoms with van der Waals surface area (Å²) < 4.78 is 0. The number of amides is 1. The highest BCUT2D eigenvalue weighted by atomic mass is 32.1. The highest BCUT2D eigenvalue weighted by Gasteiger charge is 2.25. The largest absolute Gasteiger partial charge is 0.316 e. The average Bonchev–Trinajstić information content (AvgIpc) is 2.26. The van der Waals surface area contributed by atoms with Crippen molar-refractivity contribution in [1.29, 1.82) is 0 Å². The van der Waals surface area contributed by atoms with Gasteiger partial charge in [-0.3, -0.25) is 4.79 Å². The van der Waals surface area contributed by atoms with Gasteiger partial charge in [-0.1, -0.05) is 0 Å². The SMILES string of the molecule is Cc1nc(C)c(NC(=O)C2CNC2)s1. The maximum absolute atomic E-state index is 11.6. The molecule has 1 aromatic rings. The fraction of sp³-hybridized carbons (Fsp3) is 0.556. The highest BCUT2D eigenvalue weighted by molar-refractivity contribution is 7.16. The van der Waals surface area contributed by atoms with E-state index in [9.17, 15) is 4.79 Å². The molecule has 1 saturated heterocycles. The first-order valence-corrected chi connectivity index (χ1v) is 5.44. The van der Waals surface area contributed by atoms with Crippen molar-refractivity contribution in [3.8, 4) is 0 Å². The molecule has 1 aromatic heterocycles. The van der Waals surface area contributed by atoms with Crippen LogP contribution in [0.3, 0.4) is 0 Å². The summed E-state index contributed by atoms with van der Waals surface area (Å²) in [5.74, 6) is 0.243. The minimum Gasteiger partial charge on any atom is -0.316 e. The van der Waals surface area contributed by atoms with Crippen molar-refractivity contribution in [2.45, 2.75) is 13.8 Å². The molecule has 2 rings (SSSR count). The average molecular weight is 211 g/mol. The Hall–Kier alpha value is -0.940. The third-order valence-corrected chi connectivity index (χ3v) is 3.28. The molecule has 4 nitrogen and oxygen atoms in total. The fourth-order valence-corrected chi connectivity index (χ4v) is 2.16. The summed E-state index contributed by atoms with van der Waals surface area (Å²) in [7, 11) is 0. The summed E-state index contributed by atoms with van der Waals surface area (Å²) in [6.45, 7) is 5.45. The molecule has 0 spiro atoms. The maximum atomic E-state index is 11.6. The van der Waals surface area contributed by atoms with Gasteiger partial charge in [0.25, 0.3) is 0 Å². The molecule has 2 heterocycles. The summed E-state index contributed by atoms with van der Waals surface area (Å²) in [6.07, 6.45) is 0. The number of nitrogens with zero attached hydrogens (tertiary/aromatic N) is 1. The van der Waals surface area contributed by atoms with Gasteiger partial charge in [0.1, 0.15) is 5.00 Å². The number of rotatable bonds is 2. The van der Waals surface area contributed by atoms with Crippen LogP contribution in [0.15, 0.2) is 0 Å². The molecule has 0 unspecified atom stereocenters. The van der Waals surface area contributed by atoms with Gasteiger partial charge in [-0.15, -0.1) is 11.3 Å². The lowest BCUT2D eigenvalue weighted by Gasteiger charge is -2.25. The molecular formula is C9H13N3OS. The molecular weight excluding hydrogens is 198 g/mol. The smallest absolute Gasteiger partial charge is 0.230 e. The van der Waals surface area contributed by atoms with E-state index in [1.54, 1.807) is 0 Å². The zero-order valence-corrected chi connectivity index (χ0v) is 9.07. The third kappa shape index (κ3) is 1.78. The summed E-state index contributed by atoms with van der Waals surface area (Å²) in [5, 5.41) is 7.86. The van der Waals surface area contributed by atoms with Crippen LogP contribution in [-0.2, 0) is 4.79 Å². The van der Waals surface area contributed by atoms with Crippen LogP contribution in [0.25, 0.3) is 0 Å². The Morgan fingerprint density at radius 3 is 2.71 bits per heavy atom. The third-order valence-electron chi connectivity index (χ3n) is 2.29. The lowest BCUT2D eigenvalue weighted by molar-refractivity contribution is -0.121. The lowest BCUT2D eigenvalue weighted by Crippen LogP contribution is -2.48. The molecule has 0 aliphatic carbocycles. The number of aromatic nitrogens is 1. The van der Waals surface area contributed by atoms with E-state index in [0.717, 1.165) is 28.8 Å². The molecule has 1 aliphatic heterocycles. The Labute approximate surface area is 86.7 Å². The van der Waals surface area contributed by atoms with Gasteiger partial charge in [0.2, 0.25) is 5.91 Å². The maximum Gasteiger partial charge on any atom is 0.230 e. The first-order valence-electron chi connectivity index (χ1n) is 4.62. The number of hydrogen-bond acceptors (Lipinski definition) is 4.